The molecule has 156 valence electrons. The smallest absolute Gasteiger partial charge is 0.233 e. The summed E-state index contributed by atoms with van der Waals surface area (Å²) in [5.74, 6) is 1.90. The van der Waals surface area contributed by atoms with Gasteiger partial charge in [-0.3, -0.25) is 4.79 Å². The molecule has 0 bridgehead atoms. The number of thioether (sulfide) groups is 1. The molecule has 4 rings (SSSR count). The zero-order chi connectivity index (χ0) is 21.1. The Labute approximate surface area is 189 Å². The SMILES string of the molecule is COc1cc2c(cc1OC)C(c1cccs1)N(C(=O)CSc1ccc(Cl)cc1)CC2. The van der Waals surface area contributed by atoms with E-state index in [4.69, 9.17) is 21.1 Å². The third-order valence-corrected chi connectivity index (χ3v) is 7.36. The summed E-state index contributed by atoms with van der Waals surface area (Å²) in [5.41, 5.74) is 2.30. The first-order valence-electron chi connectivity index (χ1n) is 9.56. The van der Waals surface area contributed by atoms with Crippen LogP contribution in [-0.4, -0.2) is 37.3 Å². The van der Waals surface area contributed by atoms with E-state index in [0.717, 1.165) is 27.5 Å². The first-order chi connectivity index (χ1) is 14.6. The third kappa shape index (κ3) is 4.31. The van der Waals surface area contributed by atoms with Gasteiger partial charge in [-0.25, -0.2) is 0 Å². The Morgan fingerprint density at radius 3 is 2.57 bits per heavy atom. The first kappa shape index (κ1) is 21.1. The van der Waals surface area contributed by atoms with Gasteiger partial charge in [0.1, 0.15) is 0 Å². The summed E-state index contributed by atoms with van der Waals surface area (Å²) in [6.07, 6.45) is 0.787. The topological polar surface area (TPSA) is 38.8 Å². The summed E-state index contributed by atoms with van der Waals surface area (Å²) < 4.78 is 11.0. The summed E-state index contributed by atoms with van der Waals surface area (Å²) in [4.78, 5) is 17.4. The molecule has 30 heavy (non-hydrogen) atoms. The van der Waals surface area contributed by atoms with Crippen LogP contribution < -0.4 is 9.47 Å². The van der Waals surface area contributed by atoms with Crippen molar-refractivity contribution in [3.05, 3.63) is 74.9 Å². The van der Waals surface area contributed by atoms with Gasteiger partial charge in [-0.15, -0.1) is 23.1 Å². The van der Waals surface area contributed by atoms with Crippen LogP contribution >= 0.6 is 34.7 Å². The van der Waals surface area contributed by atoms with Crippen molar-refractivity contribution in [2.75, 3.05) is 26.5 Å². The number of ether oxygens (including phenoxy) is 2. The number of carbonyl (C=O) groups is 1. The summed E-state index contributed by atoms with van der Waals surface area (Å²) in [5, 5.41) is 2.75. The largest absolute Gasteiger partial charge is 0.493 e. The molecule has 0 saturated heterocycles. The quantitative estimate of drug-likeness (QED) is 0.444. The van der Waals surface area contributed by atoms with Crippen LogP contribution in [0.25, 0.3) is 0 Å². The number of rotatable bonds is 6. The number of benzene rings is 2. The van der Waals surface area contributed by atoms with E-state index in [9.17, 15) is 4.79 Å². The highest BCUT2D eigenvalue weighted by molar-refractivity contribution is 8.00. The Kier molecular flexibility index (Phi) is 6.56. The minimum absolute atomic E-state index is 0.119. The normalized spacial score (nSPS) is 15.6. The van der Waals surface area contributed by atoms with Crippen LogP contribution in [0.5, 0.6) is 11.5 Å². The maximum atomic E-state index is 13.3. The predicted molar refractivity (Wildman–Crippen MR) is 123 cm³/mol. The molecule has 1 unspecified atom stereocenters. The Hall–Kier alpha value is -2.15. The fraction of sp³-hybridized carbons (Fsp3) is 0.261. The van der Waals surface area contributed by atoms with Crippen LogP contribution in [0, 0.1) is 0 Å². The van der Waals surface area contributed by atoms with E-state index in [1.807, 2.05) is 47.4 Å². The van der Waals surface area contributed by atoms with Gasteiger partial charge in [-0.2, -0.15) is 0 Å². The fourth-order valence-electron chi connectivity index (χ4n) is 3.73. The van der Waals surface area contributed by atoms with Crippen LogP contribution in [0.2, 0.25) is 5.02 Å². The molecular formula is C23H22ClNO3S2. The molecule has 0 radical (unpaired) electrons. The van der Waals surface area contributed by atoms with Crippen LogP contribution in [0.15, 0.2) is 58.8 Å². The van der Waals surface area contributed by atoms with Crippen molar-refractivity contribution in [3.8, 4) is 11.5 Å². The van der Waals surface area contributed by atoms with Crippen molar-refractivity contribution in [3.63, 3.8) is 0 Å². The van der Waals surface area contributed by atoms with Gasteiger partial charge in [0, 0.05) is 21.3 Å². The van der Waals surface area contributed by atoms with Crippen LogP contribution in [0.3, 0.4) is 0 Å². The minimum atomic E-state index is -0.119. The maximum absolute atomic E-state index is 13.3. The van der Waals surface area contributed by atoms with Crippen molar-refractivity contribution < 1.29 is 14.3 Å². The highest BCUT2D eigenvalue weighted by atomic mass is 35.5. The van der Waals surface area contributed by atoms with Crippen LogP contribution in [0.1, 0.15) is 22.0 Å². The van der Waals surface area contributed by atoms with E-state index in [-0.39, 0.29) is 11.9 Å². The summed E-state index contributed by atoms with van der Waals surface area (Å²) >= 11 is 9.16. The van der Waals surface area contributed by atoms with Crippen molar-refractivity contribution in [2.45, 2.75) is 17.4 Å². The Morgan fingerprint density at radius 1 is 1.17 bits per heavy atom. The monoisotopic (exact) mass is 459 g/mol. The van der Waals surface area contributed by atoms with E-state index in [2.05, 4.69) is 11.4 Å². The second-order valence-electron chi connectivity index (χ2n) is 6.90. The van der Waals surface area contributed by atoms with Crippen molar-refractivity contribution in [2.24, 2.45) is 0 Å². The molecule has 1 aromatic heterocycles. The summed E-state index contributed by atoms with van der Waals surface area (Å²) in [7, 11) is 3.28. The molecule has 0 spiro atoms. The zero-order valence-corrected chi connectivity index (χ0v) is 19.2. The number of fused-ring (bicyclic) bond motifs is 1. The zero-order valence-electron chi connectivity index (χ0n) is 16.8. The van der Waals surface area contributed by atoms with E-state index < -0.39 is 0 Å². The molecule has 2 heterocycles. The van der Waals surface area contributed by atoms with Crippen LogP contribution in [0.4, 0.5) is 0 Å². The molecule has 1 atom stereocenters. The number of halogens is 1. The number of hydrogen-bond donors (Lipinski definition) is 0. The number of thiophene rings is 1. The number of carbonyl (C=O) groups excluding carboxylic acids is 1. The molecule has 1 amide bonds. The number of nitrogens with zero attached hydrogens (tertiary/aromatic N) is 1. The molecule has 1 aliphatic rings. The number of amides is 1. The molecule has 0 fully saturated rings. The summed E-state index contributed by atoms with van der Waals surface area (Å²) in [6, 6.07) is 15.6. The summed E-state index contributed by atoms with van der Waals surface area (Å²) in [6.45, 7) is 0.672. The maximum Gasteiger partial charge on any atom is 0.233 e. The lowest BCUT2D eigenvalue weighted by atomic mass is 9.91. The molecule has 4 nitrogen and oxygen atoms in total. The van der Waals surface area contributed by atoms with E-state index in [0.29, 0.717) is 23.1 Å². The number of methoxy groups -OCH3 is 2. The average molecular weight is 460 g/mol. The lowest BCUT2D eigenvalue weighted by Crippen LogP contribution is -2.41. The molecule has 0 saturated carbocycles. The standard InChI is InChI=1S/C23H22ClNO3S2/c1-27-19-12-15-9-10-25(22(26)14-30-17-7-5-16(24)6-8-17)23(21-4-3-11-29-21)18(15)13-20(19)28-2/h3-8,11-13,23H,9-10,14H2,1-2H3. The highest BCUT2D eigenvalue weighted by Gasteiger charge is 2.33. The predicted octanol–water partition coefficient (Wildman–Crippen LogP) is 5.69. The molecule has 0 N–H and O–H groups in total. The fourth-order valence-corrected chi connectivity index (χ4v) is 5.49. The van der Waals surface area contributed by atoms with Gasteiger partial charge in [0.25, 0.3) is 0 Å². The Morgan fingerprint density at radius 2 is 1.90 bits per heavy atom. The second kappa shape index (κ2) is 9.33. The van der Waals surface area contributed by atoms with Gasteiger partial charge < -0.3 is 14.4 Å². The van der Waals surface area contributed by atoms with E-state index in [1.165, 1.54) is 17.3 Å². The molecular weight excluding hydrogens is 438 g/mol. The van der Waals surface area contributed by atoms with Gasteiger partial charge in [-0.05, 0) is 65.4 Å². The van der Waals surface area contributed by atoms with Gasteiger partial charge >= 0.3 is 0 Å². The van der Waals surface area contributed by atoms with Gasteiger partial charge in [0.2, 0.25) is 5.91 Å². The molecule has 0 aliphatic carbocycles. The van der Waals surface area contributed by atoms with E-state index in [1.54, 1.807) is 25.6 Å². The first-order valence-corrected chi connectivity index (χ1v) is 11.8. The molecule has 7 heteroatoms. The Balaban J connectivity index is 1.63. The second-order valence-corrected chi connectivity index (χ2v) is 9.37. The highest BCUT2D eigenvalue weighted by Crippen LogP contribution is 2.42. The molecule has 3 aromatic rings. The van der Waals surface area contributed by atoms with Crippen molar-refractivity contribution >= 4 is 40.6 Å². The van der Waals surface area contributed by atoms with Crippen molar-refractivity contribution in [1.82, 2.24) is 4.90 Å². The van der Waals surface area contributed by atoms with Gasteiger partial charge in [-0.1, -0.05) is 17.7 Å². The average Bonchev–Trinajstić information content (AvgIpc) is 3.31. The van der Waals surface area contributed by atoms with Crippen molar-refractivity contribution in [1.29, 1.82) is 0 Å². The molecule has 1 aliphatic heterocycles. The van der Waals surface area contributed by atoms with Gasteiger partial charge in [0.05, 0.1) is 26.0 Å². The number of hydrogen-bond acceptors (Lipinski definition) is 5. The van der Waals surface area contributed by atoms with Gasteiger partial charge in [0.15, 0.2) is 11.5 Å². The lowest BCUT2D eigenvalue weighted by molar-refractivity contribution is -0.130. The minimum Gasteiger partial charge on any atom is -0.493 e. The molecule has 2 aromatic carbocycles. The third-order valence-electron chi connectivity index (χ3n) is 5.18. The lowest BCUT2D eigenvalue weighted by Gasteiger charge is -2.37. The van der Waals surface area contributed by atoms with Crippen LogP contribution in [-0.2, 0) is 11.2 Å². The Bertz CT molecular complexity index is 1020. The van der Waals surface area contributed by atoms with E-state index >= 15 is 0 Å².